The lowest BCUT2D eigenvalue weighted by Crippen LogP contribution is -2.25. The van der Waals surface area contributed by atoms with Gasteiger partial charge in [0.05, 0.1) is 12.8 Å². The van der Waals surface area contributed by atoms with Crippen LogP contribution < -0.4 is 10.1 Å². The minimum absolute atomic E-state index is 0.135. The van der Waals surface area contributed by atoms with Crippen LogP contribution in [-0.4, -0.2) is 24.5 Å². The number of hydrogen-bond acceptors (Lipinski definition) is 4. The standard InChI is InChI=1S/C21H22N2O3/c1-14-7-9-16(10-8-14)21-23-19(15(2)26-21)11-12-22-20(24)17-5-4-6-18(13-17)25-3/h4-10,13H,11-12H2,1-3H3,(H,22,24). The Balaban J connectivity index is 1.61. The van der Waals surface area contributed by atoms with Crippen molar-refractivity contribution in [3.05, 3.63) is 71.1 Å². The summed E-state index contributed by atoms with van der Waals surface area (Å²) in [6, 6.07) is 15.1. The summed E-state index contributed by atoms with van der Waals surface area (Å²) >= 11 is 0. The predicted molar refractivity (Wildman–Crippen MR) is 100 cm³/mol. The second-order valence-corrected chi connectivity index (χ2v) is 6.13. The van der Waals surface area contributed by atoms with Gasteiger partial charge in [0.1, 0.15) is 11.5 Å². The summed E-state index contributed by atoms with van der Waals surface area (Å²) in [6.45, 7) is 4.42. The average Bonchev–Trinajstić information content (AvgIpc) is 3.03. The van der Waals surface area contributed by atoms with Gasteiger partial charge in [-0.1, -0.05) is 23.8 Å². The van der Waals surface area contributed by atoms with Gasteiger partial charge in [-0.05, 0) is 44.2 Å². The van der Waals surface area contributed by atoms with E-state index < -0.39 is 0 Å². The van der Waals surface area contributed by atoms with E-state index in [0.717, 1.165) is 17.0 Å². The molecule has 0 bridgehead atoms. The highest BCUT2D eigenvalue weighted by Crippen LogP contribution is 2.22. The second-order valence-electron chi connectivity index (χ2n) is 6.13. The molecule has 1 N–H and O–H groups in total. The van der Waals surface area contributed by atoms with Crippen LogP contribution in [0.15, 0.2) is 52.9 Å². The van der Waals surface area contributed by atoms with Gasteiger partial charge in [0.15, 0.2) is 0 Å². The topological polar surface area (TPSA) is 64.4 Å². The van der Waals surface area contributed by atoms with Crippen LogP contribution in [0.1, 0.15) is 27.4 Å². The molecule has 0 aliphatic heterocycles. The zero-order valence-electron chi connectivity index (χ0n) is 15.2. The molecule has 1 heterocycles. The van der Waals surface area contributed by atoms with Gasteiger partial charge in [-0.3, -0.25) is 4.79 Å². The van der Waals surface area contributed by atoms with E-state index in [1.807, 2.05) is 44.2 Å². The number of aromatic nitrogens is 1. The average molecular weight is 350 g/mol. The molecule has 5 heteroatoms. The molecule has 0 unspecified atom stereocenters. The number of amides is 1. The fraction of sp³-hybridized carbons (Fsp3) is 0.238. The van der Waals surface area contributed by atoms with Gasteiger partial charge >= 0.3 is 0 Å². The quantitative estimate of drug-likeness (QED) is 0.731. The first kappa shape index (κ1) is 17.7. The molecule has 1 aromatic heterocycles. The number of ether oxygens (including phenoxy) is 1. The third-order valence-electron chi connectivity index (χ3n) is 4.17. The summed E-state index contributed by atoms with van der Waals surface area (Å²) in [6.07, 6.45) is 0.608. The van der Waals surface area contributed by atoms with Crippen molar-refractivity contribution in [3.8, 4) is 17.2 Å². The Hall–Kier alpha value is -3.08. The first-order valence-electron chi connectivity index (χ1n) is 8.52. The summed E-state index contributed by atoms with van der Waals surface area (Å²) in [4.78, 5) is 16.8. The van der Waals surface area contributed by atoms with Crippen molar-refractivity contribution in [2.45, 2.75) is 20.3 Å². The molecular formula is C21H22N2O3. The van der Waals surface area contributed by atoms with E-state index in [2.05, 4.69) is 10.3 Å². The summed E-state index contributed by atoms with van der Waals surface area (Å²) in [5, 5.41) is 2.91. The molecule has 3 rings (SSSR count). The SMILES string of the molecule is COc1cccc(C(=O)NCCc2nc(-c3ccc(C)cc3)oc2C)c1. The summed E-state index contributed by atoms with van der Waals surface area (Å²) in [5.41, 5.74) is 3.57. The number of nitrogens with one attached hydrogen (secondary N) is 1. The Morgan fingerprint density at radius 2 is 1.92 bits per heavy atom. The van der Waals surface area contributed by atoms with Crippen molar-refractivity contribution in [3.63, 3.8) is 0 Å². The Morgan fingerprint density at radius 1 is 1.15 bits per heavy atom. The van der Waals surface area contributed by atoms with Crippen molar-refractivity contribution in [1.82, 2.24) is 10.3 Å². The molecule has 0 radical (unpaired) electrons. The van der Waals surface area contributed by atoms with Gasteiger partial charge in [0, 0.05) is 24.1 Å². The largest absolute Gasteiger partial charge is 0.497 e. The highest BCUT2D eigenvalue weighted by molar-refractivity contribution is 5.94. The minimum atomic E-state index is -0.135. The minimum Gasteiger partial charge on any atom is -0.497 e. The van der Waals surface area contributed by atoms with Gasteiger partial charge in [-0.25, -0.2) is 4.98 Å². The van der Waals surface area contributed by atoms with E-state index in [0.29, 0.717) is 30.2 Å². The first-order chi connectivity index (χ1) is 12.6. The molecule has 0 saturated carbocycles. The Bertz CT molecular complexity index is 898. The van der Waals surface area contributed by atoms with Gasteiger partial charge in [0.2, 0.25) is 5.89 Å². The van der Waals surface area contributed by atoms with E-state index in [1.165, 1.54) is 5.56 Å². The molecule has 0 spiro atoms. The molecule has 2 aromatic carbocycles. The van der Waals surface area contributed by atoms with Gasteiger partial charge in [-0.15, -0.1) is 0 Å². The number of carbonyl (C=O) groups is 1. The highest BCUT2D eigenvalue weighted by atomic mass is 16.5. The smallest absolute Gasteiger partial charge is 0.251 e. The predicted octanol–water partition coefficient (Wildman–Crippen LogP) is 3.94. The number of oxazole rings is 1. The number of nitrogens with zero attached hydrogens (tertiary/aromatic N) is 1. The normalized spacial score (nSPS) is 10.6. The van der Waals surface area contributed by atoms with Crippen molar-refractivity contribution in [2.24, 2.45) is 0 Å². The first-order valence-corrected chi connectivity index (χ1v) is 8.52. The maximum Gasteiger partial charge on any atom is 0.251 e. The zero-order chi connectivity index (χ0) is 18.5. The van der Waals surface area contributed by atoms with Crippen LogP contribution >= 0.6 is 0 Å². The van der Waals surface area contributed by atoms with Crippen molar-refractivity contribution in [2.75, 3.05) is 13.7 Å². The third-order valence-corrected chi connectivity index (χ3v) is 4.17. The van der Waals surface area contributed by atoms with Crippen LogP contribution in [0.3, 0.4) is 0 Å². The molecule has 5 nitrogen and oxygen atoms in total. The van der Waals surface area contributed by atoms with Gasteiger partial charge in [-0.2, -0.15) is 0 Å². The van der Waals surface area contributed by atoms with Crippen LogP contribution in [0.4, 0.5) is 0 Å². The zero-order valence-corrected chi connectivity index (χ0v) is 15.2. The van der Waals surface area contributed by atoms with Crippen LogP contribution in [0, 0.1) is 13.8 Å². The van der Waals surface area contributed by atoms with Crippen molar-refractivity contribution < 1.29 is 13.9 Å². The van der Waals surface area contributed by atoms with E-state index in [4.69, 9.17) is 9.15 Å². The van der Waals surface area contributed by atoms with Crippen LogP contribution in [0.5, 0.6) is 5.75 Å². The molecule has 1 amide bonds. The number of carbonyl (C=O) groups excluding carboxylic acids is 1. The van der Waals surface area contributed by atoms with E-state index in [1.54, 1.807) is 25.3 Å². The van der Waals surface area contributed by atoms with Crippen LogP contribution in [0.2, 0.25) is 0 Å². The lowest BCUT2D eigenvalue weighted by molar-refractivity contribution is 0.0953. The Kier molecular flexibility index (Phi) is 5.37. The third kappa shape index (κ3) is 4.11. The molecule has 0 fully saturated rings. The van der Waals surface area contributed by atoms with Crippen LogP contribution in [0.25, 0.3) is 11.5 Å². The fourth-order valence-corrected chi connectivity index (χ4v) is 2.64. The van der Waals surface area contributed by atoms with E-state index in [9.17, 15) is 4.79 Å². The maximum atomic E-state index is 12.2. The summed E-state index contributed by atoms with van der Waals surface area (Å²) in [5.74, 6) is 1.91. The highest BCUT2D eigenvalue weighted by Gasteiger charge is 2.12. The van der Waals surface area contributed by atoms with Gasteiger partial charge < -0.3 is 14.5 Å². The number of rotatable bonds is 6. The number of methoxy groups -OCH3 is 1. The van der Waals surface area contributed by atoms with Crippen molar-refractivity contribution in [1.29, 1.82) is 0 Å². The summed E-state index contributed by atoms with van der Waals surface area (Å²) < 4.78 is 10.9. The number of hydrogen-bond donors (Lipinski definition) is 1. The second kappa shape index (κ2) is 7.87. The lowest BCUT2D eigenvalue weighted by atomic mass is 10.1. The molecule has 3 aromatic rings. The molecule has 134 valence electrons. The monoisotopic (exact) mass is 350 g/mol. The van der Waals surface area contributed by atoms with Gasteiger partial charge in [0.25, 0.3) is 5.91 Å². The number of aryl methyl sites for hydroxylation is 2. The number of benzene rings is 2. The molecule has 0 atom stereocenters. The molecule has 0 aliphatic carbocycles. The maximum absolute atomic E-state index is 12.2. The molecule has 26 heavy (non-hydrogen) atoms. The summed E-state index contributed by atoms with van der Waals surface area (Å²) in [7, 11) is 1.58. The Morgan fingerprint density at radius 3 is 2.65 bits per heavy atom. The fourth-order valence-electron chi connectivity index (χ4n) is 2.64. The Labute approximate surface area is 153 Å². The van der Waals surface area contributed by atoms with Crippen LogP contribution in [-0.2, 0) is 6.42 Å². The molecule has 0 saturated heterocycles. The molecule has 0 aliphatic rings. The van der Waals surface area contributed by atoms with E-state index in [-0.39, 0.29) is 5.91 Å². The molecular weight excluding hydrogens is 328 g/mol. The lowest BCUT2D eigenvalue weighted by Gasteiger charge is -2.06. The van der Waals surface area contributed by atoms with Crippen molar-refractivity contribution >= 4 is 5.91 Å². The van der Waals surface area contributed by atoms with E-state index >= 15 is 0 Å².